The van der Waals surface area contributed by atoms with E-state index in [0.717, 1.165) is 0 Å². The summed E-state index contributed by atoms with van der Waals surface area (Å²) in [5.74, 6) is 0. The minimum Gasteiger partial charge on any atom is -0.394 e. The number of hydrogen-bond acceptors (Lipinski definition) is 4. The molecule has 1 radical (unpaired) electrons. The average Bonchev–Trinajstić information content (AvgIpc) is 1.81. The van der Waals surface area contributed by atoms with Crippen LogP contribution in [0.2, 0.25) is 0 Å². The summed E-state index contributed by atoms with van der Waals surface area (Å²) in [6, 6.07) is 0. The molecule has 0 rings (SSSR count). The quantitative estimate of drug-likeness (QED) is 0.342. The minimum atomic E-state index is -4.57. The summed E-state index contributed by atoms with van der Waals surface area (Å²) in [6.07, 6.45) is -1.21. The van der Waals surface area contributed by atoms with Crippen LogP contribution >= 0.6 is 7.82 Å². The van der Waals surface area contributed by atoms with Gasteiger partial charge in [0.1, 0.15) is 6.10 Å². The van der Waals surface area contributed by atoms with Crippen molar-refractivity contribution in [2.75, 3.05) is 13.2 Å². The number of aliphatic hydroxyl groups is 2. The number of phosphoric acid groups is 1. The van der Waals surface area contributed by atoms with Crippen LogP contribution in [0.5, 0.6) is 0 Å². The zero-order chi connectivity index (χ0) is 8.20. The third kappa shape index (κ3) is 8.46. The maximum atomic E-state index is 10.0. The van der Waals surface area contributed by atoms with Crippen LogP contribution in [0.3, 0.4) is 0 Å². The maximum absolute atomic E-state index is 10.0. The van der Waals surface area contributed by atoms with Crippen LogP contribution in [0.15, 0.2) is 0 Å². The molecule has 0 bridgehead atoms. The molecule has 0 atom stereocenters. The summed E-state index contributed by atoms with van der Waals surface area (Å²) < 4.78 is 13.9. The monoisotopic (exact) mass is 227 g/mol. The molecule has 0 amide bonds. The molecule has 0 saturated heterocycles. The van der Waals surface area contributed by atoms with Gasteiger partial charge in [-0.2, -0.15) is 0 Å². The van der Waals surface area contributed by atoms with Gasteiger partial charge in [-0.25, -0.2) is 4.57 Å². The van der Waals surface area contributed by atoms with Gasteiger partial charge in [0.2, 0.25) is 0 Å². The molecule has 0 heterocycles. The van der Waals surface area contributed by atoms with Crippen molar-refractivity contribution in [1.29, 1.82) is 0 Å². The SMILES string of the molecule is O=P(O)(O)OC(CO)CO.[Mn+2]. The Kier molecular flexibility index (Phi) is 7.83. The Hall–Kier alpha value is 0.549. The number of rotatable bonds is 4. The van der Waals surface area contributed by atoms with Crippen molar-refractivity contribution < 1.29 is 46.2 Å². The largest absolute Gasteiger partial charge is 2.00 e. The van der Waals surface area contributed by atoms with E-state index < -0.39 is 27.1 Å². The molecule has 11 heavy (non-hydrogen) atoms. The standard InChI is InChI=1S/C3H9O6P.Mn/c4-1-3(2-5)9-10(6,7)8;/h3-5H,1-2H2,(H2,6,7,8);/q;+2. The second-order valence-corrected chi connectivity index (χ2v) is 2.78. The third-order valence-corrected chi connectivity index (χ3v) is 1.27. The predicted octanol–water partition coefficient (Wildman–Crippen LogP) is -1.55. The first-order valence-corrected chi connectivity index (χ1v) is 3.98. The van der Waals surface area contributed by atoms with Gasteiger partial charge in [0.25, 0.3) is 0 Å². The van der Waals surface area contributed by atoms with Gasteiger partial charge in [0.05, 0.1) is 13.2 Å². The first kappa shape index (κ1) is 14.1. The smallest absolute Gasteiger partial charge is 0.394 e. The number of phosphoric ester groups is 1. The van der Waals surface area contributed by atoms with Crippen LogP contribution in [0.1, 0.15) is 0 Å². The van der Waals surface area contributed by atoms with Crippen molar-refractivity contribution in [2.45, 2.75) is 6.10 Å². The van der Waals surface area contributed by atoms with Gasteiger partial charge in [-0.3, -0.25) is 4.52 Å². The van der Waals surface area contributed by atoms with E-state index in [1.807, 2.05) is 0 Å². The topological polar surface area (TPSA) is 107 Å². The summed E-state index contributed by atoms with van der Waals surface area (Å²) in [4.78, 5) is 16.2. The Bertz CT molecular complexity index is 130. The van der Waals surface area contributed by atoms with Gasteiger partial charge in [0, 0.05) is 0 Å². The molecule has 0 fully saturated rings. The van der Waals surface area contributed by atoms with Crippen molar-refractivity contribution in [3.05, 3.63) is 0 Å². The Morgan fingerprint density at radius 1 is 1.27 bits per heavy atom. The molecule has 6 nitrogen and oxygen atoms in total. The van der Waals surface area contributed by atoms with Gasteiger partial charge in [-0.1, -0.05) is 0 Å². The first-order valence-electron chi connectivity index (χ1n) is 2.45. The Morgan fingerprint density at radius 2 is 1.64 bits per heavy atom. The maximum Gasteiger partial charge on any atom is 2.00 e. The fourth-order valence-electron chi connectivity index (χ4n) is 0.319. The summed E-state index contributed by atoms with van der Waals surface area (Å²) in [5.41, 5.74) is 0. The molecular formula is C3H9MnO6P+2. The molecule has 0 unspecified atom stereocenters. The summed E-state index contributed by atoms with van der Waals surface area (Å²) in [6.45, 7) is -1.25. The minimum absolute atomic E-state index is 0. The van der Waals surface area contributed by atoms with Crippen molar-refractivity contribution >= 4 is 7.82 Å². The zero-order valence-electron chi connectivity index (χ0n) is 5.42. The first-order chi connectivity index (χ1) is 4.49. The third-order valence-electron chi connectivity index (χ3n) is 0.694. The molecule has 4 N–H and O–H groups in total. The molecule has 0 aliphatic carbocycles. The van der Waals surface area contributed by atoms with Gasteiger partial charge in [0.15, 0.2) is 0 Å². The van der Waals surface area contributed by atoms with Crippen LogP contribution in [0.4, 0.5) is 0 Å². The zero-order valence-corrected chi connectivity index (χ0v) is 7.50. The van der Waals surface area contributed by atoms with Gasteiger partial charge >= 0.3 is 24.9 Å². The molecule has 0 aromatic rings. The molecule has 0 spiro atoms. The fraction of sp³-hybridized carbons (Fsp3) is 1.00. The predicted molar refractivity (Wildman–Crippen MR) is 31.1 cm³/mol. The second kappa shape index (κ2) is 6.11. The van der Waals surface area contributed by atoms with Crippen LogP contribution in [-0.2, 0) is 26.2 Å². The van der Waals surface area contributed by atoms with Gasteiger partial charge < -0.3 is 20.0 Å². The van der Waals surface area contributed by atoms with E-state index in [1.54, 1.807) is 0 Å². The van der Waals surface area contributed by atoms with Gasteiger partial charge in [-0.05, 0) is 0 Å². The van der Waals surface area contributed by atoms with Crippen LogP contribution in [0, 0.1) is 0 Å². The average molecular weight is 227 g/mol. The van der Waals surface area contributed by atoms with E-state index in [2.05, 4.69) is 4.52 Å². The summed E-state index contributed by atoms with van der Waals surface area (Å²) in [7, 11) is -4.57. The van der Waals surface area contributed by atoms with E-state index in [-0.39, 0.29) is 17.1 Å². The molecule has 0 aliphatic heterocycles. The molecule has 67 valence electrons. The van der Waals surface area contributed by atoms with E-state index in [9.17, 15) is 4.57 Å². The Balaban J connectivity index is 0. The van der Waals surface area contributed by atoms with Crippen LogP contribution in [-0.4, -0.2) is 39.3 Å². The molecule has 0 aromatic heterocycles. The van der Waals surface area contributed by atoms with Crippen LogP contribution < -0.4 is 0 Å². The molecule has 0 aromatic carbocycles. The summed E-state index contributed by atoms with van der Waals surface area (Å²) in [5, 5.41) is 16.5. The Labute approximate surface area is 73.9 Å². The van der Waals surface area contributed by atoms with Crippen LogP contribution in [0.25, 0.3) is 0 Å². The Morgan fingerprint density at radius 3 is 1.73 bits per heavy atom. The molecule has 0 aliphatic rings. The van der Waals surface area contributed by atoms with E-state index in [0.29, 0.717) is 0 Å². The van der Waals surface area contributed by atoms with E-state index >= 15 is 0 Å². The molecular weight excluding hydrogens is 218 g/mol. The van der Waals surface area contributed by atoms with Crippen molar-refractivity contribution in [3.63, 3.8) is 0 Å². The van der Waals surface area contributed by atoms with Gasteiger partial charge in [-0.15, -0.1) is 0 Å². The number of hydrogen-bond donors (Lipinski definition) is 4. The van der Waals surface area contributed by atoms with Crippen molar-refractivity contribution in [1.82, 2.24) is 0 Å². The number of aliphatic hydroxyl groups excluding tert-OH is 2. The normalized spacial score (nSPS) is 11.4. The fourth-order valence-corrected chi connectivity index (χ4v) is 0.840. The second-order valence-electron chi connectivity index (χ2n) is 1.58. The van der Waals surface area contributed by atoms with E-state index in [4.69, 9.17) is 20.0 Å². The summed E-state index contributed by atoms with van der Waals surface area (Å²) >= 11 is 0. The van der Waals surface area contributed by atoms with E-state index in [1.165, 1.54) is 0 Å². The molecule has 0 saturated carbocycles. The molecule has 8 heteroatoms. The van der Waals surface area contributed by atoms with Crippen molar-refractivity contribution in [3.8, 4) is 0 Å². The van der Waals surface area contributed by atoms with Crippen molar-refractivity contribution in [2.24, 2.45) is 0 Å².